The second kappa shape index (κ2) is 7.84. The number of rotatable bonds is 5. The van der Waals surface area contributed by atoms with Crippen LogP contribution in [0.2, 0.25) is 0 Å². The van der Waals surface area contributed by atoms with Gasteiger partial charge in [0.05, 0.1) is 5.56 Å². The second-order valence-electron chi connectivity index (χ2n) is 6.49. The van der Waals surface area contributed by atoms with E-state index in [0.717, 1.165) is 22.3 Å². The van der Waals surface area contributed by atoms with Crippen LogP contribution in [0.3, 0.4) is 0 Å². The van der Waals surface area contributed by atoms with E-state index in [1.54, 1.807) is 0 Å². The molecule has 1 aromatic heterocycles. The maximum atomic E-state index is 13.0. The van der Waals surface area contributed by atoms with Gasteiger partial charge in [0.2, 0.25) is 5.43 Å². The molecule has 0 fully saturated rings. The quantitative estimate of drug-likeness (QED) is 0.528. The molecule has 28 heavy (non-hydrogen) atoms. The van der Waals surface area contributed by atoms with Gasteiger partial charge < -0.3 is 15.5 Å². The highest BCUT2D eigenvalue weighted by atomic mass is 16.5. The lowest BCUT2D eigenvalue weighted by atomic mass is 9.99. The first-order valence-electron chi connectivity index (χ1n) is 9.06. The maximum absolute atomic E-state index is 13.0. The van der Waals surface area contributed by atoms with E-state index < -0.39 is 0 Å². The number of aromatic nitrogens is 1. The number of nitrogens with one attached hydrogen (secondary N) is 1. The van der Waals surface area contributed by atoms with Gasteiger partial charge in [-0.05, 0) is 28.3 Å². The Morgan fingerprint density at radius 2 is 1.43 bits per heavy atom. The first-order chi connectivity index (χ1) is 13.7. The fourth-order valence-electron chi connectivity index (χ4n) is 3.14. The molecule has 4 heteroatoms. The third kappa shape index (κ3) is 3.67. The van der Waals surface area contributed by atoms with Crippen molar-refractivity contribution in [1.82, 2.24) is 4.98 Å². The first kappa shape index (κ1) is 17.6. The van der Waals surface area contributed by atoms with E-state index in [-0.39, 0.29) is 11.2 Å². The molecule has 0 saturated carbocycles. The Morgan fingerprint density at radius 1 is 0.786 bits per heavy atom. The number of pyridine rings is 1. The summed E-state index contributed by atoms with van der Waals surface area (Å²) < 4.78 is 5.76. The number of nitrogen functional groups attached to an aromatic ring is 1. The van der Waals surface area contributed by atoms with Gasteiger partial charge in [-0.3, -0.25) is 4.79 Å². The van der Waals surface area contributed by atoms with Crippen molar-refractivity contribution in [3.8, 4) is 28.0 Å². The van der Waals surface area contributed by atoms with Crippen LogP contribution in [0, 0.1) is 0 Å². The Kier molecular flexibility index (Phi) is 4.93. The van der Waals surface area contributed by atoms with E-state index in [1.807, 2.05) is 84.9 Å². The molecule has 138 valence electrons. The molecule has 0 amide bonds. The van der Waals surface area contributed by atoms with E-state index in [0.29, 0.717) is 18.0 Å². The molecule has 3 aromatic carbocycles. The molecule has 3 N–H and O–H groups in total. The van der Waals surface area contributed by atoms with Gasteiger partial charge in [-0.25, -0.2) is 0 Å². The van der Waals surface area contributed by atoms with E-state index in [4.69, 9.17) is 10.5 Å². The number of benzene rings is 3. The molecule has 4 rings (SSSR count). The zero-order valence-corrected chi connectivity index (χ0v) is 15.3. The molecule has 0 atom stereocenters. The van der Waals surface area contributed by atoms with Crippen LogP contribution in [-0.2, 0) is 6.61 Å². The maximum Gasteiger partial charge on any atom is 0.233 e. The molecule has 0 unspecified atom stereocenters. The number of H-pyrrole nitrogens is 1. The average Bonchev–Trinajstić information content (AvgIpc) is 2.75. The monoisotopic (exact) mass is 368 g/mol. The molecule has 4 aromatic rings. The number of nitrogens with two attached hydrogens (primary N) is 1. The minimum Gasteiger partial charge on any atom is -0.483 e. The lowest BCUT2D eigenvalue weighted by Gasteiger charge is -2.11. The van der Waals surface area contributed by atoms with Crippen LogP contribution in [0.25, 0.3) is 22.3 Å². The molecule has 0 saturated heterocycles. The van der Waals surface area contributed by atoms with Gasteiger partial charge in [-0.15, -0.1) is 0 Å². The molecule has 0 spiro atoms. The predicted octanol–water partition coefficient (Wildman–Crippen LogP) is 4.87. The topological polar surface area (TPSA) is 68.1 Å². The smallest absolute Gasteiger partial charge is 0.233 e. The number of ether oxygens (including phenoxy) is 1. The minimum absolute atomic E-state index is 0.225. The van der Waals surface area contributed by atoms with Crippen LogP contribution in [-0.4, -0.2) is 4.98 Å². The van der Waals surface area contributed by atoms with Gasteiger partial charge in [-0.1, -0.05) is 78.9 Å². The summed E-state index contributed by atoms with van der Waals surface area (Å²) in [7, 11) is 0. The minimum atomic E-state index is -0.225. The second-order valence-corrected chi connectivity index (χ2v) is 6.49. The Balaban J connectivity index is 1.69. The molecule has 0 aliphatic rings. The fourth-order valence-corrected chi connectivity index (χ4v) is 3.14. The van der Waals surface area contributed by atoms with Crippen molar-refractivity contribution < 1.29 is 4.74 Å². The van der Waals surface area contributed by atoms with Crippen molar-refractivity contribution >= 4 is 5.82 Å². The van der Waals surface area contributed by atoms with Crippen LogP contribution in [0.5, 0.6) is 5.75 Å². The standard InChI is InChI=1S/C24H20N2O2/c25-24-22(20-13-7-12-19(14-20)18-10-5-2-6-11-18)23(27)21(15-26-24)28-16-17-8-3-1-4-9-17/h1-15H,16H2,(H3,25,26,27). The lowest BCUT2D eigenvalue weighted by Crippen LogP contribution is -2.14. The van der Waals surface area contributed by atoms with Crippen molar-refractivity contribution in [3.63, 3.8) is 0 Å². The average molecular weight is 368 g/mol. The summed E-state index contributed by atoms with van der Waals surface area (Å²) in [5.74, 6) is 0.570. The Labute approximate surface area is 163 Å². The van der Waals surface area contributed by atoms with Gasteiger partial charge in [0.25, 0.3) is 0 Å². The van der Waals surface area contributed by atoms with E-state index in [1.165, 1.54) is 6.20 Å². The van der Waals surface area contributed by atoms with Crippen molar-refractivity contribution in [2.45, 2.75) is 6.61 Å². The molecular formula is C24H20N2O2. The first-order valence-corrected chi connectivity index (χ1v) is 9.06. The summed E-state index contributed by atoms with van der Waals surface area (Å²) in [6.07, 6.45) is 1.52. The van der Waals surface area contributed by atoms with Crippen molar-refractivity contribution in [2.75, 3.05) is 5.73 Å². The van der Waals surface area contributed by atoms with Gasteiger partial charge in [0, 0.05) is 6.20 Å². The summed E-state index contributed by atoms with van der Waals surface area (Å²) in [5, 5.41) is 0. The third-order valence-corrected chi connectivity index (χ3v) is 4.57. The summed E-state index contributed by atoms with van der Waals surface area (Å²) in [6.45, 7) is 0.317. The molecule has 0 aliphatic heterocycles. The van der Waals surface area contributed by atoms with Crippen LogP contribution in [0.4, 0.5) is 5.82 Å². The molecule has 0 bridgehead atoms. The number of anilines is 1. The zero-order chi connectivity index (χ0) is 19.3. The summed E-state index contributed by atoms with van der Waals surface area (Å²) in [4.78, 5) is 16.0. The highest BCUT2D eigenvalue weighted by molar-refractivity contribution is 5.79. The van der Waals surface area contributed by atoms with Crippen molar-refractivity contribution in [3.05, 3.63) is 107 Å². The molecule has 0 radical (unpaired) electrons. The van der Waals surface area contributed by atoms with Gasteiger partial charge in [-0.2, -0.15) is 0 Å². The molecule has 0 aliphatic carbocycles. The van der Waals surface area contributed by atoms with E-state index in [2.05, 4.69) is 4.98 Å². The Hall–Kier alpha value is -3.79. The van der Waals surface area contributed by atoms with E-state index >= 15 is 0 Å². The zero-order valence-electron chi connectivity index (χ0n) is 15.3. The number of hydrogen-bond donors (Lipinski definition) is 2. The van der Waals surface area contributed by atoms with Crippen molar-refractivity contribution in [1.29, 1.82) is 0 Å². The highest BCUT2D eigenvalue weighted by Gasteiger charge is 2.14. The summed E-state index contributed by atoms with van der Waals surface area (Å²) in [6, 6.07) is 27.5. The fraction of sp³-hybridized carbons (Fsp3) is 0.0417. The number of hydrogen-bond acceptors (Lipinski definition) is 3. The molecular weight excluding hydrogens is 348 g/mol. The normalized spacial score (nSPS) is 10.6. The summed E-state index contributed by atoms with van der Waals surface area (Å²) in [5.41, 5.74) is 10.1. The molecule has 1 heterocycles. The third-order valence-electron chi connectivity index (χ3n) is 4.57. The summed E-state index contributed by atoms with van der Waals surface area (Å²) >= 11 is 0. The Bertz CT molecular complexity index is 1140. The highest BCUT2D eigenvalue weighted by Crippen LogP contribution is 2.28. The van der Waals surface area contributed by atoms with Gasteiger partial charge in [0.15, 0.2) is 5.75 Å². The SMILES string of the molecule is Nc1[nH]cc(OCc2ccccc2)c(=O)c1-c1cccc(-c2ccccc2)c1. The molecule has 4 nitrogen and oxygen atoms in total. The van der Waals surface area contributed by atoms with Crippen molar-refractivity contribution in [2.24, 2.45) is 0 Å². The number of aromatic amines is 1. The Morgan fingerprint density at radius 3 is 2.18 bits per heavy atom. The van der Waals surface area contributed by atoms with Crippen LogP contribution in [0.1, 0.15) is 5.56 Å². The van der Waals surface area contributed by atoms with Gasteiger partial charge in [0.1, 0.15) is 12.4 Å². The van der Waals surface area contributed by atoms with E-state index in [9.17, 15) is 4.79 Å². The van der Waals surface area contributed by atoms with Crippen LogP contribution >= 0.6 is 0 Å². The van der Waals surface area contributed by atoms with Gasteiger partial charge >= 0.3 is 0 Å². The van der Waals surface area contributed by atoms with Crippen LogP contribution < -0.4 is 15.9 Å². The largest absolute Gasteiger partial charge is 0.483 e. The van der Waals surface area contributed by atoms with Crippen LogP contribution in [0.15, 0.2) is 95.9 Å². The lowest BCUT2D eigenvalue weighted by molar-refractivity contribution is 0.302. The predicted molar refractivity (Wildman–Crippen MR) is 113 cm³/mol.